The maximum Gasteiger partial charge on any atom is 0.143 e. The Hall–Kier alpha value is -1.42. The second-order valence-electron chi connectivity index (χ2n) is 4.89. The van der Waals surface area contributed by atoms with Gasteiger partial charge in [-0.15, -0.1) is 0 Å². The largest absolute Gasteiger partial charge is 0.495 e. The highest BCUT2D eigenvalue weighted by atomic mass is 16.5. The van der Waals surface area contributed by atoms with Crippen LogP contribution < -0.4 is 15.4 Å². The summed E-state index contributed by atoms with van der Waals surface area (Å²) in [6, 6.07) is 6.79. The average molecular weight is 249 g/mol. The zero-order valence-electron chi connectivity index (χ0n) is 11.5. The Kier molecular flexibility index (Phi) is 4.31. The fraction of sp³-hybridized carbons (Fsp3) is 0.571. The molecule has 2 N–H and O–H groups in total. The summed E-state index contributed by atoms with van der Waals surface area (Å²) in [4.78, 5) is 2.38. The van der Waals surface area contributed by atoms with Crippen LogP contribution in [0.1, 0.15) is 12.8 Å². The van der Waals surface area contributed by atoms with E-state index in [-0.39, 0.29) is 0 Å². The second kappa shape index (κ2) is 5.96. The number of rotatable bonds is 4. The Morgan fingerprint density at radius 1 is 1.28 bits per heavy atom. The van der Waals surface area contributed by atoms with E-state index in [1.165, 1.54) is 25.9 Å². The lowest BCUT2D eigenvalue weighted by molar-refractivity contribution is 0.264. The number of hydrogen-bond acceptors (Lipinski definition) is 4. The van der Waals surface area contributed by atoms with Crippen LogP contribution in [0.5, 0.6) is 5.75 Å². The fourth-order valence-corrected chi connectivity index (χ4v) is 2.38. The highest BCUT2D eigenvalue weighted by Crippen LogP contribution is 2.28. The van der Waals surface area contributed by atoms with Crippen LogP contribution in [0.3, 0.4) is 0 Å². The fourth-order valence-electron chi connectivity index (χ4n) is 2.38. The van der Waals surface area contributed by atoms with E-state index in [9.17, 15) is 0 Å². The number of methoxy groups -OCH3 is 1. The van der Waals surface area contributed by atoms with Gasteiger partial charge in [-0.3, -0.25) is 0 Å². The summed E-state index contributed by atoms with van der Waals surface area (Å²) in [5.74, 6) is 0.885. The summed E-state index contributed by atoms with van der Waals surface area (Å²) in [6.07, 6.45) is 2.40. The van der Waals surface area contributed by atoms with E-state index in [0.717, 1.165) is 17.1 Å². The van der Waals surface area contributed by atoms with Gasteiger partial charge in [0.15, 0.2) is 0 Å². The lowest BCUT2D eigenvalue weighted by Gasteiger charge is -2.30. The maximum atomic E-state index is 5.37. The van der Waals surface area contributed by atoms with Gasteiger partial charge in [0.2, 0.25) is 0 Å². The first kappa shape index (κ1) is 13.0. The van der Waals surface area contributed by atoms with E-state index in [1.807, 2.05) is 7.05 Å². The van der Waals surface area contributed by atoms with Crippen molar-refractivity contribution < 1.29 is 4.74 Å². The molecule has 2 rings (SSSR count). The average Bonchev–Trinajstić information content (AvgIpc) is 2.41. The molecule has 1 aliphatic rings. The molecule has 1 aromatic carbocycles. The summed E-state index contributed by atoms with van der Waals surface area (Å²) in [5.41, 5.74) is 2.16. The molecule has 4 heteroatoms. The molecule has 0 amide bonds. The molecule has 1 aliphatic heterocycles. The number of ether oxygens (including phenoxy) is 1. The second-order valence-corrected chi connectivity index (χ2v) is 4.89. The Morgan fingerprint density at radius 3 is 2.61 bits per heavy atom. The van der Waals surface area contributed by atoms with Gasteiger partial charge in [0.05, 0.1) is 12.8 Å². The van der Waals surface area contributed by atoms with Crippen LogP contribution in [0.25, 0.3) is 0 Å². The van der Waals surface area contributed by atoms with Crippen molar-refractivity contribution in [3.63, 3.8) is 0 Å². The molecule has 0 unspecified atom stereocenters. The molecular weight excluding hydrogens is 226 g/mol. The monoisotopic (exact) mass is 249 g/mol. The molecule has 1 fully saturated rings. The molecule has 1 aromatic rings. The molecule has 1 heterocycles. The molecule has 0 bridgehead atoms. The van der Waals surface area contributed by atoms with Crippen LogP contribution in [0.4, 0.5) is 11.4 Å². The van der Waals surface area contributed by atoms with Gasteiger partial charge in [-0.05, 0) is 45.1 Å². The van der Waals surface area contributed by atoms with Crippen molar-refractivity contribution in [2.24, 2.45) is 0 Å². The van der Waals surface area contributed by atoms with E-state index in [4.69, 9.17) is 4.74 Å². The summed E-state index contributed by atoms with van der Waals surface area (Å²) in [6.45, 7) is 2.34. The van der Waals surface area contributed by atoms with Crippen molar-refractivity contribution in [3.05, 3.63) is 18.2 Å². The van der Waals surface area contributed by atoms with Gasteiger partial charge in [0, 0.05) is 24.8 Å². The van der Waals surface area contributed by atoms with Crippen LogP contribution in [0.15, 0.2) is 18.2 Å². The summed E-state index contributed by atoms with van der Waals surface area (Å²) >= 11 is 0. The van der Waals surface area contributed by atoms with E-state index in [2.05, 4.69) is 40.8 Å². The molecule has 0 spiro atoms. The number of benzene rings is 1. The third-order valence-corrected chi connectivity index (χ3v) is 3.56. The SMILES string of the molecule is CNc1ccc(NC2CCN(C)CC2)cc1OC. The Labute approximate surface area is 109 Å². The first-order valence-corrected chi connectivity index (χ1v) is 6.54. The minimum Gasteiger partial charge on any atom is -0.495 e. The van der Waals surface area contributed by atoms with E-state index < -0.39 is 0 Å². The molecule has 0 aliphatic carbocycles. The number of nitrogens with one attached hydrogen (secondary N) is 2. The highest BCUT2D eigenvalue weighted by molar-refractivity contribution is 5.63. The molecule has 0 radical (unpaired) electrons. The lowest BCUT2D eigenvalue weighted by atomic mass is 10.1. The zero-order valence-corrected chi connectivity index (χ0v) is 11.5. The van der Waals surface area contributed by atoms with Crippen molar-refractivity contribution >= 4 is 11.4 Å². The minimum atomic E-state index is 0.575. The standard InChI is InChI=1S/C14H23N3O/c1-15-13-5-4-12(10-14(13)18-3)16-11-6-8-17(2)9-7-11/h4-5,10-11,15-16H,6-9H2,1-3H3. The van der Waals surface area contributed by atoms with Crippen molar-refractivity contribution in [1.29, 1.82) is 0 Å². The quantitative estimate of drug-likeness (QED) is 0.858. The third kappa shape index (κ3) is 3.07. The molecule has 18 heavy (non-hydrogen) atoms. The van der Waals surface area contributed by atoms with Crippen LogP contribution in [0, 0.1) is 0 Å². The minimum absolute atomic E-state index is 0.575. The number of piperidine rings is 1. The molecular formula is C14H23N3O. The van der Waals surface area contributed by atoms with Crippen molar-refractivity contribution in [2.45, 2.75) is 18.9 Å². The Bertz CT molecular complexity index is 387. The van der Waals surface area contributed by atoms with E-state index in [1.54, 1.807) is 7.11 Å². The Balaban J connectivity index is 2.01. The topological polar surface area (TPSA) is 36.5 Å². The van der Waals surface area contributed by atoms with E-state index in [0.29, 0.717) is 6.04 Å². The summed E-state index contributed by atoms with van der Waals surface area (Å²) in [5, 5.41) is 6.72. The normalized spacial score (nSPS) is 17.5. The smallest absolute Gasteiger partial charge is 0.143 e. The number of nitrogens with zero attached hydrogens (tertiary/aromatic N) is 1. The van der Waals surface area contributed by atoms with Crippen LogP contribution >= 0.6 is 0 Å². The van der Waals surface area contributed by atoms with Gasteiger partial charge in [-0.1, -0.05) is 0 Å². The van der Waals surface area contributed by atoms with Gasteiger partial charge < -0.3 is 20.3 Å². The van der Waals surface area contributed by atoms with Crippen LogP contribution in [-0.2, 0) is 0 Å². The molecule has 100 valence electrons. The van der Waals surface area contributed by atoms with Gasteiger partial charge in [0.1, 0.15) is 5.75 Å². The predicted molar refractivity (Wildman–Crippen MR) is 76.7 cm³/mol. The molecule has 0 aromatic heterocycles. The van der Waals surface area contributed by atoms with Crippen LogP contribution in [0.2, 0.25) is 0 Å². The van der Waals surface area contributed by atoms with Crippen LogP contribution in [-0.4, -0.2) is 45.2 Å². The van der Waals surface area contributed by atoms with E-state index >= 15 is 0 Å². The first-order chi connectivity index (χ1) is 8.72. The number of likely N-dealkylation sites (tertiary alicyclic amines) is 1. The number of hydrogen-bond donors (Lipinski definition) is 2. The third-order valence-electron chi connectivity index (χ3n) is 3.56. The zero-order chi connectivity index (χ0) is 13.0. The maximum absolute atomic E-state index is 5.37. The molecule has 0 saturated carbocycles. The Morgan fingerprint density at radius 2 is 2.00 bits per heavy atom. The molecule has 1 saturated heterocycles. The van der Waals surface area contributed by atoms with Crippen molar-refractivity contribution in [1.82, 2.24) is 4.90 Å². The van der Waals surface area contributed by atoms with Gasteiger partial charge >= 0.3 is 0 Å². The van der Waals surface area contributed by atoms with Gasteiger partial charge in [-0.25, -0.2) is 0 Å². The van der Waals surface area contributed by atoms with Gasteiger partial charge in [0.25, 0.3) is 0 Å². The van der Waals surface area contributed by atoms with Gasteiger partial charge in [-0.2, -0.15) is 0 Å². The number of anilines is 2. The highest BCUT2D eigenvalue weighted by Gasteiger charge is 2.16. The first-order valence-electron chi connectivity index (χ1n) is 6.54. The summed E-state index contributed by atoms with van der Waals surface area (Å²) in [7, 11) is 5.79. The lowest BCUT2D eigenvalue weighted by Crippen LogP contribution is -2.36. The predicted octanol–water partition coefficient (Wildman–Crippen LogP) is 2.24. The summed E-state index contributed by atoms with van der Waals surface area (Å²) < 4.78 is 5.37. The molecule has 0 atom stereocenters. The van der Waals surface area contributed by atoms with Crippen molar-refractivity contribution in [3.8, 4) is 5.75 Å². The molecule has 4 nitrogen and oxygen atoms in total. The van der Waals surface area contributed by atoms with Crippen molar-refractivity contribution in [2.75, 3.05) is 44.9 Å².